The van der Waals surface area contributed by atoms with Gasteiger partial charge < -0.3 is 4.90 Å². The molecule has 0 saturated heterocycles. The molecule has 0 aliphatic carbocycles. The minimum atomic E-state index is 0.0596. The van der Waals surface area contributed by atoms with Crippen LogP contribution in [0.5, 0.6) is 0 Å². The number of aromatic nitrogens is 3. The van der Waals surface area contributed by atoms with E-state index >= 15 is 0 Å². The summed E-state index contributed by atoms with van der Waals surface area (Å²) in [5.41, 5.74) is 1.33. The normalized spacial score (nSPS) is 21.4. The summed E-state index contributed by atoms with van der Waals surface area (Å²) in [6, 6.07) is 2.15. The maximum Gasteiger partial charge on any atom is 0.227 e. The summed E-state index contributed by atoms with van der Waals surface area (Å²) in [5, 5.41) is 6.32. The van der Waals surface area contributed by atoms with E-state index in [1.54, 1.807) is 17.7 Å². The van der Waals surface area contributed by atoms with Gasteiger partial charge in [-0.25, -0.2) is 9.67 Å². The van der Waals surface area contributed by atoms with Gasteiger partial charge in [-0.05, 0) is 29.9 Å². The average Bonchev–Trinajstić information content (AvgIpc) is 3.13. The lowest BCUT2D eigenvalue weighted by Gasteiger charge is -2.32. The van der Waals surface area contributed by atoms with Crippen LogP contribution in [0.2, 0.25) is 0 Å². The maximum absolute atomic E-state index is 12.7. The molecule has 0 radical (unpaired) electrons. The van der Waals surface area contributed by atoms with Crippen molar-refractivity contribution in [1.82, 2.24) is 19.7 Å². The third-order valence-electron chi connectivity index (χ3n) is 4.27. The molecule has 6 heteroatoms. The molecule has 0 fully saturated rings. The zero-order chi connectivity index (χ0) is 13.5. The van der Waals surface area contributed by atoms with E-state index in [0.29, 0.717) is 6.54 Å². The number of hydrogen-bond donors (Lipinski definition) is 0. The minimum Gasteiger partial charge on any atom is -0.338 e. The van der Waals surface area contributed by atoms with E-state index in [-0.39, 0.29) is 11.8 Å². The van der Waals surface area contributed by atoms with Crippen molar-refractivity contribution in [2.24, 2.45) is 5.92 Å². The summed E-state index contributed by atoms with van der Waals surface area (Å²) < 4.78 is 1.88. The summed E-state index contributed by atoms with van der Waals surface area (Å²) in [6.07, 6.45) is 4.33. The fraction of sp³-hybridized carbons (Fsp3) is 0.500. The average molecular weight is 288 g/mol. The van der Waals surface area contributed by atoms with E-state index in [9.17, 15) is 4.79 Å². The van der Waals surface area contributed by atoms with Gasteiger partial charge in [0.15, 0.2) is 0 Å². The fourth-order valence-electron chi connectivity index (χ4n) is 3.13. The van der Waals surface area contributed by atoms with E-state index in [4.69, 9.17) is 0 Å². The maximum atomic E-state index is 12.7. The van der Waals surface area contributed by atoms with Crippen LogP contribution in [0.1, 0.15) is 22.7 Å². The first-order chi connectivity index (χ1) is 9.81. The molecular weight excluding hydrogens is 272 g/mol. The predicted molar refractivity (Wildman–Crippen MR) is 75.3 cm³/mol. The molecule has 5 nitrogen and oxygen atoms in total. The largest absolute Gasteiger partial charge is 0.338 e. The zero-order valence-corrected chi connectivity index (χ0v) is 12.0. The molecule has 0 N–H and O–H groups in total. The van der Waals surface area contributed by atoms with Gasteiger partial charge in [-0.3, -0.25) is 4.79 Å². The standard InChI is InChI=1S/C14H16N4OS/c19-14(11-1-2-13-15-9-16-18(13)8-11)17-5-3-12-10(7-17)4-6-20-12/h4,6,9,11H,1-3,5,7-8H2. The molecule has 0 aromatic carbocycles. The van der Waals surface area contributed by atoms with Crippen LogP contribution >= 0.6 is 11.3 Å². The van der Waals surface area contributed by atoms with E-state index in [2.05, 4.69) is 21.5 Å². The molecule has 4 rings (SSSR count). The van der Waals surface area contributed by atoms with Crippen molar-refractivity contribution in [3.05, 3.63) is 34.0 Å². The number of hydrogen-bond acceptors (Lipinski definition) is 4. The van der Waals surface area contributed by atoms with Crippen LogP contribution in [0.4, 0.5) is 0 Å². The summed E-state index contributed by atoms with van der Waals surface area (Å²) in [5.74, 6) is 1.35. The van der Waals surface area contributed by atoms with Crippen LogP contribution in [-0.4, -0.2) is 32.1 Å². The van der Waals surface area contributed by atoms with E-state index < -0.39 is 0 Å². The van der Waals surface area contributed by atoms with Crippen molar-refractivity contribution in [2.75, 3.05) is 6.54 Å². The molecule has 2 aliphatic heterocycles. The Morgan fingerprint density at radius 2 is 2.35 bits per heavy atom. The van der Waals surface area contributed by atoms with Gasteiger partial charge in [0.2, 0.25) is 5.91 Å². The fourth-order valence-corrected chi connectivity index (χ4v) is 4.02. The van der Waals surface area contributed by atoms with E-state index in [1.165, 1.54) is 10.4 Å². The first-order valence-corrected chi connectivity index (χ1v) is 7.90. The second kappa shape index (κ2) is 4.70. The zero-order valence-electron chi connectivity index (χ0n) is 11.2. The van der Waals surface area contributed by atoms with Crippen molar-refractivity contribution in [2.45, 2.75) is 32.4 Å². The van der Waals surface area contributed by atoms with Gasteiger partial charge in [0.05, 0.1) is 12.5 Å². The first kappa shape index (κ1) is 12.1. The number of carbonyl (C=O) groups is 1. The van der Waals surface area contributed by atoms with Crippen molar-refractivity contribution in [3.63, 3.8) is 0 Å². The van der Waals surface area contributed by atoms with Gasteiger partial charge in [0.1, 0.15) is 12.2 Å². The van der Waals surface area contributed by atoms with Gasteiger partial charge in [0, 0.05) is 24.4 Å². The van der Waals surface area contributed by atoms with E-state index in [0.717, 1.165) is 38.2 Å². The second-order valence-corrected chi connectivity index (χ2v) is 6.47. The Hall–Kier alpha value is -1.69. The monoisotopic (exact) mass is 288 g/mol. The van der Waals surface area contributed by atoms with Crippen LogP contribution in [-0.2, 0) is 30.7 Å². The van der Waals surface area contributed by atoms with Crippen LogP contribution in [0.3, 0.4) is 0 Å². The number of aryl methyl sites for hydroxylation is 1. The van der Waals surface area contributed by atoms with Gasteiger partial charge >= 0.3 is 0 Å². The van der Waals surface area contributed by atoms with Crippen molar-refractivity contribution in [1.29, 1.82) is 0 Å². The number of nitrogens with zero attached hydrogens (tertiary/aromatic N) is 4. The number of thiophene rings is 1. The van der Waals surface area contributed by atoms with Crippen LogP contribution < -0.4 is 0 Å². The van der Waals surface area contributed by atoms with Crippen molar-refractivity contribution >= 4 is 17.2 Å². The molecule has 2 aromatic rings. The van der Waals surface area contributed by atoms with Crippen molar-refractivity contribution < 1.29 is 4.79 Å². The number of rotatable bonds is 1. The minimum absolute atomic E-state index is 0.0596. The molecular formula is C14H16N4OS. The van der Waals surface area contributed by atoms with E-state index in [1.807, 2.05) is 9.58 Å². The van der Waals surface area contributed by atoms with Gasteiger partial charge in [0.25, 0.3) is 0 Å². The lowest BCUT2D eigenvalue weighted by Crippen LogP contribution is -2.42. The van der Waals surface area contributed by atoms with Gasteiger partial charge in [-0.2, -0.15) is 5.10 Å². The summed E-state index contributed by atoms with van der Waals surface area (Å²) in [4.78, 5) is 20.4. The second-order valence-electron chi connectivity index (χ2n) is 5.47. The summed E-state index contributed by atoms with van der Waals surface area (Å²) >= 11 is 1.81. The smallest absolute Gasteiger partial charge is 0.227 e. The van der Waals surface area contributed by atoms with Crippen molar-refractivity contribution in [3.8, 4) is 0 Å². The molecule has 2 aliphatic rings. The highest BCUT2D eigenvalue weighted by molar-refractivity contribution is 7.10. The molecule has 0 saturated carbocycles. The Morgan fingerprint density at radius 1 is 1.40 bits per heavy atom. The van der Waals surface area contributed by atoms with Gasteiger partial charge in [-0.1, -0.05) is 0 Å². The Balaban J connectivity index is 1.49. The molecule has 104 valence electrons. The van der Waals surface area contributed by atoms with Gasteiger partial charge in [-0.15, -0.1) is 11.3 Å². The Labute approximate surface area is 121 Å². The quantitative estimate of drug-likeness (QED) is 0.799. The molecule has 0 spiro atoms. The SMILES string of the molecule is O=C(C1CCc2ncnn2C1)N1CCc2sccc2C1. The number of amides is 1. The molecule has 20 heavy (non-hydrogen) atoms. The molecule has 4 heterocycles. The number of fused-ring (bicyclic) bond motifs is 2. The number of carbonyl (C=O) groups excluding carboxylic acids is 1. The predicted octanol–water partition coefficient (Wildman–Crippen LogP) is 1.49. The molecule has 1 unspecified atom stereocenters. The highest BCUT2D eigenvalue weighted by atomic mass is 32.1. The molecule has 1 atom stereocenters. The highest BCUT2D eigenvalue weighted by Crippen LogP contribution is 2.27. The first-order valence-electron chi connectivity index (χ1n) is 7.02. The Bertz CT molecular complexity index is 593. The molecule has 0 bridgehead atoms. The van der Waals surface area contributed by atoms with Crippen LogP contribution in [0.25, 0.3) is 0 Å². The highest BCUT2D eigenvalue weighted by Gasteiger charge is 2.31. The summed E-state index contributed by atoms with van der Waals surface area (Å²) in [7, 11) is 0. The lowest BCUT2D eigenvalue weighted by atomic mass is 9.97. The topological polar surface area (TPSA) is 51.0 Å². The Morgan fingerprint density at radius 3 is 3.30 bits per heavy atom. The summed E-state index contributed by atoms with van der Waals surface area (Å²) in [6.45, 7) is 2.31. The molecule has 2 aromatic heterocycles. The Kier molecular flexibility index (Phi) is 2.84. The third kappa shape index (κ3) is 1.95. The third-order valence-corrected chi connectivity index (χ3v) is 5.30. The molecule has 1 amide bonds. The van der Waals surface area contributed by atoms with Crippen LogP contribution in [0.15, 0.2) is 17.8 Å². The van der Waals surface area contributed by atoms with Crippen LogP contribution in [0, 0.1) is 5.92 Å². The lowest BCUT2D eigenvalue weighted by molar-refractivity contribution is -0.137.